The van der Waals surface area contributed by atoms with E-state index in [1.807, 2.05) is 24.3 Å². The fourth-order valence-corrected chi connectivity index (χ4v) is 1.77. The van der Waals surface area contributed by atoms with Gasteiger partial charge in [0, 0.05) is 12.2 Å². The Morgan fingerprint density at radius 2 is 1.75 bits per heavy atom. The van der Waals surface area contributed by atoms with Crippen LogP contribution in [0.15, 0.2) is 24.3 Å². The van der Waals surface area contributed by atoms with Crippen molar-refractivity contribution in [3.63, 3.8) is 0 Å². The lowest BCUT2D eigenvalue weighted by Gasteiger charge is -2.08. The van der Waals surface area contributed by atoms with Crippen molar-refractivity contribution < 1.29 is 9.59 Å². The molecule has 1 rings (SSSR count). The van der Waals surface area contributed by atoms with Crippen molar-refractivity contribution in [2.24, 2.45) is 0 Å². The Morgan fingerprint density at radius 3 is 2.30 bits per heavy atom. The summed E-state index contributed by atoms with van der Waals surface area (Å²) in [5.41, 5.74) is 1.95. The molecule has 0 aromatic heterocycles. The maximum absolute atomic E-state index is 11.7. The average molecular weight is 276 g/mol. The summed E-state index contributed by atoms with van der Waals surface area (Å²) in [6.45, 7) is 6.92. The van der Waals surface area contributed by atoms with Gasteiger partial charge in [-0.1, -0.05) is 39.3 Å². The van der Waals surface area contributed by atoms with Crippen molar-refractivity contribution in [3.05, 3.63) is 29.8 Å². The number of benzene rings is 1. The molecular formula is C16H24N2O2. The van der Waals surface area contributed by atoms with Crippen LogP contribution in [0.5, 0.6) is 0 Å². The van der Waals surface area contributed by atoms with Gasteiger partial charge in [-0.05, 0) is 30.0 Å². The number of carbonyl (C=O) groups is 2. The molecule has 0 saturated heterocycles. The quantitative estimate of drug-likeness (QED) is 0.594. The molecule has 4 nitrogen and oxygen atoms in total. The van der Waals surface area contributed by atoms with Crippen LogP contribution in [-0.2, 0) is 9.59 Å². The topological polar surface area (TPSA) is 58.2 Å². The maximum atomic E-state index is 11.7. The van der Waals surface area contributed by atoms with Crippen molar-refractivity contribution in [1.29, 1.82) is 0 Å². The molecule has 1 aromatic carbocycles. The average Bonchev–Trinajstić information content (AvgIpc) is 2.39. The Bertz CT molecular complexity index is 438. The zero-order valence-corrected chi connectivity index (χ0v) is 12.5. The van der Waals surface area contributed by atoms with Gasteiger partial charge in [0.2, 0.25) is 11.8 Å². The molecular weight excluding hydrogens is 252 g/mol. The summed E-state index contributed by atoms with van der Waals surface area (Å²) in [7, 11) is 0. The Labute approximate surface area is 121 Å². The van der Waals surface area contributed by atoms with Crippen LogP contribution >= 0.6 is 0 Å². The molecule has 2 amide bonds. The SMILES string of the molecule is CCCCNC(=O)CC(=O)Nc1ccc(C(C)C)cc1. The van der Waals surface area contributed by atoms with Crippen LogP contribution in [0.4, 0.5) is 5.69 Å². The van der Waals surface area contributed by atoms with Gasteiger partial charge in [0.25, 0.3) is 0 Å². The van der Waals surface area contributed by atoms with Crippen molar-refractivity contribution >= 4 is 17.5 Å². The molecule has 2 N–H and O–H groups in total. The van der Waals surface area contributed by atoms with E-state index in [2.05, 4.69) is 31.4 Å². The standard InChI is InChI=1S/C16H24N2O2/c1-4-5-10-17-15(19)11-16(20)18-14-8-6-13(7-9-14)12(2)3/h6-9,12H,4-5,10-11H2,1-3H3,(H,17,19)(H,18,20). The van der Waals surface area contributed by atoms with E-state index in [4.69, 9.17) is 0 Å². The lowest BCUT2D eigenvalue weighted by atomic mass is 10.0. The van der Waals surface area contributed by atoms with Crippen LogP contribution in [0.1, 0.15) is 51.5 Å². The summed E-state index contributed by atoms with van der Waals surface area (Å²) in [6, 6.07) is 7.70. The zero-order chi connectivity index (χ0) is 15.0. The van der Waals surface area contributed by atoms with Crippen LogP contribution in [0.3, 0.4) is 0 Å². The Hall–Kier alpha value is -1.84. The van der Waals surface area contributed by atoms with E-state index in [-0.39, 0.29) is 18.2 Å². The summed E-state index contributed by atoms with van der Waals surface area (Å²) >= 11 is 0. The third-order valence-electron chi connectivity index (χ3n) is 3.03. The molecule has 0 radical (unpaired) electrons. The smallest absolute Gasteiger partial charge is 0.233 e. The van der Waals surface area contributed by atoms with Gasteiger partial charge in [-0.25, -0.2) is 0 Å². The second-order valence-corrected chi connectivity index (χ2v) is 5.21. The highest BCUT2D eigenvalue weighted by Crippen LogP contribution is 2.17. The van der Waals surface area contributed by atoms with Gasteiger partial charge in [0.05, 0.1) is 0 Å². The molecule has 0 heterocycles. The van der Waals surface area contributed by atoms with Gasteiger partial charge in [-0.3, -0.25) is 9.59 Å². The van der Waals surface area contributed by atoms with Gasteiger partial charge in [-0.15, -0.1) is 0 Å². The van der Waals surface area contributed by atoms with Crippen LogP contribution in [0, 0.1) is 0 Å². The highest BCUT2D eigenvalue weighted by Gasteiger charge is 2.09. The molecule has 0 bridgehead atoms. The van der Waals surface area contributed by atoms with Gasteiger partial charge in [0.1, 0.15) is 6.42 Å². The molecule has 1 aromatic rings. The summed E-state index contributed by atoms with van der Waals surface area (Å²) in [5, 5.41) is 5.45. The molecule has 0 atom stereocenters. The van der Waals surface area contributed by atoms with E-state index >= 15 is 0 Å². The van der Waals surface area contributed by atoms with E-state index in [1.54, 1.807) is 0 Å². The largest absolute Gasteiger partial charge is 0.356 e. The van der Waals surface area contributed by atoms with Crippen LogP contribution < -0.4 is 10.6 Å². The van der Waals surface area contributed by atoms with E-state index < -0.39 is 0 Å². The summed E-state index contributed by atoms with van der Waals surface area (Å²) in [6.07, 6.45) is 1.83. The first-order chi connectivity index (χ1) is 9.52. The summed E-state index contributed by atoms with van der Waals surface area (Å²) in [4.78, 5) is 23.2. The number of unbranched alkanes of at least 4 members (excludes halogenated alkanes) is 1. The van der Waals surface area contributed by atoms with Gasteiger partial charge in [0.15, 0.2) is 0 Å². The van der Waals surface area contributed by atoms with Crippen molar-refractivity contribution in [1.82, 2.24) is 5.32 Å². The highest BCUT2D eigenvalue weighted by molar-refractivity contribution is 6.03. The molecule has 0 spiro atoms. The minimum atomic E-state index is -0.281. The fraction of sp³-hybridized carbons (Fsp3) is 0.500. The van der Waals surface area contributed by atoms with E-state index in [1.165, 1.54) is 5.56 Å². The van der Waals surface area contributed by atoms with Gasteiger partial charge >= 0.3 is 0 Å². The lowest BCUT2D eigenvalue weighted by molar-refractivity contribution is -0.126. The minimum Gasteiger partial charge on any atom is -0.356 e. The Kier molecular flexibility index (Phi) is 6.77. The lowest BCUT2D eigenvalue weighted by Crippen LogP contribution is -2.28. The number of carbonyl (C=O) groups excluding carboxylic acids is 2. The monoisotopic (exact) mass is 276 g/mol. The van der Waals surface area contributed by atoms with E-state index in [9.17, 15) is 9.59 Å². The predicted molar refractivity (Wildman–Crippen MR) is 81.7 cm³/mol. The normalized spacial score (nSPS) is 10.4. The van der Waals surface area contributed by atoms with Crippen LogP contribution in [-0.4, -0.2) is 18.4 Å². The second kappa shape index (κ2) is 8.35. The molecule has 0 unspecified atom stereocenters. The van der Waals surface area contributed by atoms with Crippen LogP contribution in [0.2, 0.25) is 0 Å². The minimum absolute atomic E-state index is 0.129. The number of rotatable bonds is 7. The number of anilines is 1. The number of hydrogen-bond acceptors (Lipinski definition) is 2. The van der Waals surface area contributed by atoms with Crippen molar-refractivity contribution in [3.8, 4) is 0 Å². The van der Waals surface area contributed by atoms with Crippen molar-refractivity contribution in [2.75, 3.05) is 11.9 Å². The Morgan fingerprint density at radius 1 is 1.10 bits per heavy atom. The molecule has 0 aliphatic rings. The first kappa shape index (κ1) is 16.2. The molecule has 0 aliphatic carbocycles. The van der Waals surface area contributed by atoms with E-state index in [0.717, 1.165) is 18.5 Å². The maximum Gasteiger partial charge on any atom is 0.233 e. The second-order valence-electron chi connectivity index (χ2n) is 5.21. The first-order valence-electron chi connectivity index (χ1n) is 7.19. The molecule has 110 valence electrons. The molecule has 20 heavy (non-hydrogen) atoms. The first-order valence-corrected chi connectivity index (χ1v) is 7.19. The van der Waals surface area contributed by atoms with Gasteiger partial charge < -0.3 is 10.6 Å². The zero-order valence-electron chi connectivity index (χ0n) is 12.5. The third kappa shape index (κ3) is 5.87. The molecule has 4 heteroatoms. The predicted octanol–water partition coefficient (Wildman–Crippen LogP) is 3.05. The third-order valence-corrected chi connectivity index (χ3v) is 3.03. The number of nitrogens with one attached hydrogen (secondary N) is 2. The number of amides is 2. The fourth-order valence-electron chi connectivity index (χ4n) is 1.77. The van der Waals surface area contributed by atoms with Crippen molar-refractivity contribution in [2.45, 2.75) is 46.0 Å². The molecule has 0 saturated carbocycles. The summed E-state index contributed by atoms with van der Waals surface area (Å²) in [5.74, 6) is -0.0462. The van der Waals surface area contributed by atoms with Gasteiger partial charge in [-0.2, -0.15) is 0 Å². The summed E-state index contributed by atoms with van der Waals surface area (Å²) < 4.78 is 0. The number of hydrogen-bond donors (Lipinski definition) is 2. The van der Waals surface area contributed by atoms with Crippen LogP contribution in [0.25, 0.3) is 0 Å². The van der Waals surface area contributed by atoms with E-state index in [0.29, 0.717) is 12.5 Å². The highest BCUT2D eigenvalue weighted by atomic mass is 16.2. The Balaban J connectivity index is 2.40. The molecule has 0 aliphatic heterocycles. The molecule has 0 fully saturated rings.